The van der Waals surface area contributed by atoms with Crippen molar-refractivity contribution < 1.29 is 9.53 Å². The number of Topliss-reactive ketones (excluding diaryl/α,β-unsaturated/α-hetero) is 1. The van der Waals surface area contributed by atoms with Crippen LogP contribution in [0, 0.1) is 0 Å². The van der Waals surface area contributed by atoms with Crippen LogP contribution >= 0.6 is 0 Å². The van der Waals surface area contributed by atoms with E-state index in [4.69, 9.17) is 4.74 Å². The van der Waals surface area contributed by atoms with Crippen LogP contribution in [0.25, 0.3) is 0 Å². The fourth-order valence-corrected chi connectivity index (χ4v) is 2.09. The average molecular weight is 230 g/mol. The second kappa shape index (κ2) is 5.67. The summed E-state index contributed by atoms with van der Waals surface area (Å²) >= 11 is 0. The zero-order chi connectivity index (χ0) is 12.1. The molecule has 0 saturated carbocycles. The monoisotopic (exact) mass is 230 g/mol. The molecule has 90 valence electrons. The molecule has 1 aliphatic rings. The predicted octanol–water partition coefficient (Wildman–Crippen LogP) is 3.31. The molecule has 2 rings (SSSR count). The summed E-state index contributed by atoms with van der Waals surface area (Å²) in [4.78, 5) is 11.1. The molecule has 1 aromatic rings. The molecule has 0 heterocycles. The van der Waals surface area contributed by atoms with Crippen LogP contribution in [-0.2, 0) is 11.2 Å². The van der Waals surface area contributed by atoms with E-state index in [1.54, 1.807) is 7.11 Å². The van der Waals surface area contributed by atoms with E-state index in [1.807, 2.05) is 12.1 Å². The molecule has 0 fully saturated rings. The van der Waals surface area contributed by atoms with Gasteiger partial charge in [0.15, 0.2) is 0 Å². The lowest BCUT2D eigenvalue weighted by Gasteiger charge is -2.12. The van der Waals surface area contributed by atoms with Crippen LogP contribution in [0.4, 0.5) is 0 Å². The molecule has 2 heteroatoms. The van der Waals surface area contributed by atoms with Crippen LogP contribution in [0.15, 0.2) is 35.9 Å². The fraction of sp³-hybridized carbons (Fsp3) is 0.400. The van der Waals surface area contributed by atoms with Crippen molar-refractivity contribution in [3.63, 3.8) is 0 Å². The van der Waals surface area contributed by atoms with Crippen LogP contribution in [0.3, 0.4) is 0 Å². The zero-order valence-corrected chi connectivity index (χ0v) is 10.2. The Morgan fingerprint density at radius 1 is 1.12 bits per heavy atom. The molecule has 1 aliphatic carbocycles. The fourth-order valence-electron chi connectivity index (χ4n) is 2.09. The van der Waals surface area contributed by atoms with E-state index in [0.717, 1.165) is 31.4 Å². The van der Waals surface area contributed by atoms with Gasteiger partial charge in [-0.3, -0.25) is 4.79 Å². The zero-order valence-electron chi connectivity index (χ0n) is 10.2. The lowest BCUT2D eigenvalue weighted by molar-refractivity contribution is -0.118. The first kappa shape index (κ1) is 11.9. The Morgan fingerprint density at radius 2 is 1.88 bits per heavy atom. The van der Waals surface area contributed by atoms with E-state index in [9.17, 15) is 4.79 Å². The highest BCUT2D eigenvalue weighted by Crippen LogP contribution is 2.21. The highest BCUT2D eigenvalue weighted by molar-refractivity contribution is 5.81. The summed E-state index contributed by atoms with van der Waals surface area (Å²) in [6.07, 6.45) is 6.54. The lowest BCUT2D eigenvalue weighted by atomic mass is 9.94. The van der Waals surface area contributed by atoms with Crippen molar-refractivity contribution in [1.82, 2.24) is 0 Å². The summed E-state index contributed by atoms with van der Waals surface area (Å²) in [6.45, 7) is 0. The summed E-state index contributed by atoms with van der Waals surface area (Å²) in [5, 5.41) is 0. The van der Waals surface area contributed by atoms with Crippen LogP contribution in [0.1, 0.15) is 31.2 Å². The quantitative estimate of drug-likeness (QED) is 0.742. The molecule has 0 saturated heterocycles. The second-order valence-corrected chi connectivity index (χ2v) is 4.45. The second-order valence-electron chi connectivity index (χ2n) is 4.45. The molecule has 1 aromatic carbocycles. The number of ketones is 1. The minimum Gasteiger partial charge on any atom is -0.497 e. The Balaban J connectivity index is 1.87. The first-order chi connectivity index (χ1) is 8.28. The van der Waals surface area contributed by atoms with Gasteiger partial charge in [-0.15, -0.1) is 0 Å². The lowest BCUT2D eigenvalue weighted by Crippen LogP contribution is -2.04. The third-order valence-corrected chi connectivity index (χ3v) is 3.24. The van der Waals surface area contributed by atoms with E-state index in [1.165, 1.54) is 11.1 Å². The number of hydrogen-bond acceptors (Lipinski definition) is 2. The van der Waals surface area contributed by atoms with Gasteiger partial charge in [-0.05, 0) is 37.0 Å². The molecule has 17 heavy (non-hydrogen) atoms. The number of ether oxygens (including phenoxy) is 1. The van der Waals surface area contributed by atoms with Crippen molar-refractivity contribution >= 4 is 5.78 Å². The highest BCUT2D eigenvalue weighted by Gasteiger charge is 2.09. The molecule has 0 bridgehead atoms. The third kappa shape index (κ3) is 3.45. The van der Waals surface area contributed by atoms with Crippen molar-refractivity contribution in [1.29, 1.82) is 0 Å². The minimum atomic E-state index is 0.373. The molecule has 0 atom stereocenters. The Hall–Kier alpha value is -1.57. The Morgan fingerprint density at radius 3 is 2.47 bits per heavy atom. The van der Waals surface area contributed by atoms with Gasteiger partial charge in [0.05, 0.1) is 7.11 Å². The number of hydrogen-bond donors (Lipinski definition) is 0. The molecule has 0 aromatic heterocycles. The van der Waals surface area contributed by atoms with E-state index in [-0.39, 0.29) is 0 Å². The number of benzene rings is 1. The number of aryl methyl sites for hydroxylation is 1. The maximum Gasteiger partial charge on any atom is 0.136 e. The molecule has 0 N–H and O–H groups in total. The topological polar surface area (TPSA) is 26.3 Å². The van der Waals surface area contributed by atoms with E-state index in [0.29, 0.717) is 12.2 Å². The van der Waals surface area contributed by atoms with Crippen molar-refractivity contribution in [2.24, 2.45) is 0 Å². The molecule has 0 spiro atoms. The largest absolute Gasteiger partial charge is 0.497 e. The van der Waals surface area contributed by atoms with Crippen LogP contribution in [0.5, 0.6) is 5.75 Å². The molecular formula is C15H18O2. The van der Waals surface area contributed by atoms with Gasteiger partial charge in [-0.25, -0.2) is 0 Å². The number of carbonyl (C=O) groups excluding carboxylic acids is 1. The van der Waals surface area contributed by atoms with Gasteiger partial charge in [0.25, 0.3) is 0 Å². The van der Waals surface area contributed by atoms with Gasteiger partial charge in [0.2, 0.25) is 0 Å². The van der Waals surface area contributed by atoms with Gasteiger partial charge < -0.3 is 4.74 Å². The SMILES string of the molecule is COc1ccc(CCC2=CCC(=O)CC2)cc1. The number of carbonyl (C=O) groups is 1. The van der Waals surface area contributed by atoms with Gasteiger partial charge in [-0.1, -0.05) is 23.8 Å². The standard InChI is InChI=1S/C15H18O2/c1-17-15-10-6-13(7-11-15)3-2-12-4-8-14(16)9-5-12/h4,6-7,10-11H,2-3,5,8-9H2,1H3. The first-order valence-electron chi connectivity index (χ1n) is 6.10. The van der Waals surface area contributed by atoms with Crippen molar-refractivity contribution in [2.75, 3.05) is 7.11 Å². The van der Waals surface area contributed by atoms with Crippen LogP contribution < -0.4 is 4.74 Å². The normalized spacial score (nSPS) is 15.6. The molecule has 0 aliphatic heterocycles. The van der Waals surface area contributed by atoms with Gasteiger partial charge in [0, 0.05) is 12.8 Å². The Kier molecular flexibility index (Phi) is 3.97. The highest BCUT2D eigenvalue weighted by atomic mass is 16.5. The Bertz CT molecular complexity index is 415. The van der Waals surface area contributed by atoms with Crippen molar-refractivity contribution in [3.8, 4) is 5.75 Å². The number of allylic oxidation sites excluding steroid dienone is 2. The molecular weight excluding hydrogens is 212 g/mol. The van der Waals surface area contributed by atoms with Crippen molar-refractivity contribution in [3.05, 3.63) is 41.5 Å². The van der Waals surface area contributed by atoms with E-state index >= 15 is 0 Å². The number of rotatable bonds is 4. The van der Waals surface area contributed by atoms with E-state index < -0.39 is 0 Å². The Labute approximate surface area is 102 Å². The minimum absolute atomic E-state index is 0.373. The first-order valence-corrected chi connectivity index (χ1v) is 6.10. The average Bonchev–Trinajstić information content (AvgIpc) is 2.39. The predicted molar refractivity (Wildman–Crippen MR) is 68.3 cm³/mol. The van der Waals surface area contributed by atoms with Gasteiger partial charge in [-0.2, -0.15) is 0 Å². The summed E-state index contributed by atoms with van der Waals surface area (Å²) in [5.74, 6) is 1.27. The molecule has 2 nitrogen and oxygen atoms in total. The molecule has 0 radical (unpaired) electrons. The number of methoxy groups -OCH3 is 1. The molecule has 0 unspecified atom stereocenters. The van der Waals surface area contributed by atoms with Gasteiger partial charge in [0.1, 0.15) is 11.5 Å². The maximum absolute atomic E-state index is 11.1. The summed E-state index contributed by atoms with van der Waals surface area (Å²) in [7, 11) is 1.68. The van der Waals surface area contributed by atoms with Crippen molar-refractivity contribution in [2.45, 2.75) is 32.1 Å². The molecule has 0 amide bonds. The summed E-state index contributed by atoms with van der Waals surface area (Å²) < 4.78 is 5.13. The summed E-state index contributed by atoms with van der Waals surface area (Å²) in [6, 6.07) is 8.20. The van der Waals surface area contributed by atoms with Gasteiger partial charge >= 0.3 is 0 Å². The summed E-state index contributed by atoms with van der Waals surface area (Å²) in [5.41, 5.74) is 2.75. The smallest absolute Gasteiger partial charge is 0.136 e. The van der Waals surface area contributed by atoms with Crippen LogP contribution in [-0.4, -0.2) is 12.9 Å². The van der Waals surface area contributed by atoms with E-state index in [2.05, 4.69) is 18.2 Å². The van der Waals surface area contributed by atoms with Crippen LogP contribution in [0.2, 0.25) is 0 Å². The maximum atomic E-state index is 11.1. The third-order valence-electron chi connectivity index (χ3n) is 3.24.